The molecule has 0 spiro atoms. The highest BCUT2D eigenvalue weighted by atomic mass is 16.6. The second-order valence-corrected chi connectivity index (χ2v) is 17.5. The Labute approximate surface area is 356 Å². The number of H-pyrrole nitrogens is 2. The molecule has 3 N–H and O–H groups in total. The van der Waals surface area contributed by atoms with Gasteiger partial charge in [0.2, 0.25) is 0 Å². The number of para-hydroxylation sites is 2. The SMILES string of the molecule is CC(C)(C)OC(=O)N1CC[C@@H]2[C@H]1[C@@H](c1c[nH]c3ccccc13)CN2C(=O)OCc1ccccc1.O=C(OCc1ccccc1)N1C[C@H](c2c[nH]c3ccccc23)[C@H]2NCC[C@H]21. The molecule has 61 heavy (non-hydrogen) atoms. The van der Waals surface area contributed by atoms with Crippen LogP contribution in [0.1, 0.15) is 67.7 Å². The predicted molar refractivity (Wildman–Crippen MR) is 234 cm³/mol. The number of ether oxygens (including phenoxy) is 3. The Kier molecular flexibility index (Phi) is 11.2. The Morgan fingerprint density at radius 3 is 1.69 bits per heavy atom. The molecule has 6 atom stereocenters. The fraction of sp³-hybridized carbons (Fsp3) is 0.367. The van der Waals surface area contributed by atoms with Crippen LogP contribution in [0.3, 0.4) is 0 Å². The van der Waals surface area contributed by atoms with E-state index in [2.05, 4.69) is 45.7 Å². The lowest BCUT2D eigenvalue weighted by Crippen LogP contribution is -2.44. The average Bonchev–Trinajstić information content (AvgIpc) is 4.12. The largest absolute Gasteiger partial charge is 0.445 e. The van der Waals surface area contributed by atoms with E-state index in [1.54, 1.807) is 0 Å². The zero-order valence-electron chi connectivity index (χ0n) is 35.0. The van der Waals surface area contributed by atoms with E-state index >= 15 is 0 Å². The van der Waals surface area contributed by atoms with Gasteiger partial charge < -0.3 is 44.2 Å². The fourth-order valence-corrected chi connectivity index (χ4v) is 9.95. The second-order valence-electron chi connectivity index (χ2n) is 17.5. The Morgan fingerprint density at radius 2 is 1.11 bits per heavy atom. The number of likely N-dealkylation sites (tertiary alicyclic amines) is 3. The van der Waals surface area contributed by atoms with Crippen molar-refractivity contribution in [2.75, 3.05) is 26.2 Å². The molecule has 4 saturated heterocycles. The number of hydrogen-bond acceptors (Lipinski definition) is 7. The van der Waals surface area contributed by atoms with Gasteiger partial charge in [0.1, 0.15) is 18.8 Å². The van der Waals surface area contributed by atoms with Crippen LogP contribution in [-0.4, -0.2) is 98.9 Å². The lowest BCUT2D eigenvalue weighted by Gasteiger charge is -2.31. The molecule has 0 radical (unpaired) electrons. The number of aromatic amines is 2. The van der Waals surface area contributed by atoms with E-state index in [9.17, 15) is 14.4 Å². The quantitative estimate of drug-likeness (QED) is 0.143. The summed E-state index contributed by atoms with van der Waals surface area (Å²) in [5.74, 6) is 0.235. The number of rotatable bonds is 6. The third-order valence-electron chi connectivity index (χ3n) is 12.6. The van der Waals surface area contributed by atoms with Gasteiger partial charge >= 0.3 is 18.3 Å². The van der Waals surface area contributed by atoms with Gasteiger partial charge in [0.25, 0.3) is 0 Å². The van der Waals surface area contributed by atoms with Gasteiger partial charge in [0.15, 0.2) is 0 Å². The maximum absolute atomic E-state index is 13.2. The minimum absolute atomic E-state index is 0.0413. The van der Waals surface area contributed by atoms with Gasteiger partial charge in [0, 0.05) is 71.7 Å². The standard InChI is InChI=1S/C27H31N3O4.C22H23N3O2/c1-27(2,3)34-26(32)29-14-13-23-24(29)21(20-15-28-22-12-8-7-11-19(20)22)16-30(23)25(31)33-17-18-9-5-4-6-10-18;26-22(27-14-15-6-2-1-3-7-15)25-13-18(21-20(25)10-11-23-21)17-12-24-19-9-5-4-8-16(17)19/h4-12,15,21,23-24,28H,13-14,16-17H2,1-3H3;1-9,12,18,20-21,23-24H,10-11,13-14H2/t21-,23-,24-;18-,20-,21-/m11/s1. The van der Waals surface area contributed by atoms with Crippen LogP contribution in [0.25, 0.3) is 21.8 Å². The molecule has 2 aromatic heterocycles. The maximum atomic E-state index is 13.2. The van der Waals surface area contributed by atoms with E-state index in [0.717, 1.165) is 46.1 Å². The summed E-state index contributed by atoms with van der Waals surface area (Å²) in [7, 11) is 0. The summed E-state index contributed by atoms with van der Waals surface area (Å²) in [4.78, 5) is 51.4. The minimum Gasteiger partial charge on any atom is -0.445 e. The van der Waals surface area contributed by atoms with Crippen molar-refractivity contribution in [3.05, 3.63) is 144 Å². The number of nitrogens with zero attached hydrogens (tertiary/aromatic N) is 3. The highest BCUT2D eigenvalue weighted by Crippen LogP contribution is 2.44. The molecular weight excluding hydrogens is 769 g/mol. The molecule has 3 amide bonds. The van der Waals surface area contributed by atoms with Crippen molar-refractivity contribution in [1.82, 2.24) is 30.0 Å². The first-order valence-electron chi connectivity index (χ1n) is 21.4. The Hall–Kier alpha value is -6.27. The average molecular weight is 823 g/mol. The lowest BCUT2D eigenvalue weighted by molar-refractivity contribution is 0.0209. The van der Waals surface area contributed by atoms with Crippen LogP contribution in [0.2, 0.25) is 0 Å². The summed E-state index contributed by atoms with van der Waals surface area (Å²) >= 11 is 0. The van der Waals surface area contributed by atoms with Crippen LogP contribution in [-0.2, 0) is 27.4 Å². The van der Waals surface area contributed by atoms with Gasteiger partial charge in [-0.25, -0.2) is 14.4 Å². The molecule has 6 heterocycles. The molecule has 12 nitrogen and oxygen atoms in total. The predicted octanol–water partition coefficient (Wildman–Crippen LogP) is 8.92. The van der Waals surface area contributed by atoms with E-state index in [4.69, 9.17) is 14.2 Å². The molecule has 6 aromatic rings. The van der Waals surface area contributed by atoms with Gasteiger partial charge in [-0.2, -0.15) is 0 Å². The molecule has 4 aliphatic heterocycles. The molecule has 0 saturated carbocycles. The van der Waals surface area contributed by atoms with Crippen molar-refractivity contribution in [2.45, 2.75) is 88.4 Å². The monoisotopic (exact) mass is 822 g/mol. The summed E-state index contributed by atoms with van der Waals surface area (Å²) in [5.41, 5.74) is 5.96. The van der Waals surface area contributed by atoms with Gasteiger partial charge in [-0.15, -0.1) is 0 Å². The van der Waals surface area contributed by atoms with E-state index in [0.29, 0.717) is 32.7 Å². The molecule has 316 valence electrons. The molecule has 0 aliphatic carbocycles. The number of nitrogens with one attached hydrogen (secondary N) is 3. The number of hydrogen-bond donors (Lipinski definition) is 3. The first kappa shape index (κ1) is 40.2. The minimum atomic E-state index is -0.585. The van der Waals surface area contributed by atoms with Gasteiger partial charge in [-0.05, 0) is 74.5 Å². The van der Waals surface area contributed by atoms with Crippen molar-refractivity contribution in [3.63, 3.8) is 0 Å². The van der Waals surface area contributed by atoms with Crippen LogP contribution in [0.15, 0.2) is 122 Å². The number of carbonyl (C=O) groups excluding carboxylic acids is 3. The van der Waals surface area contributed by atoms with E-state index in [1.807, 2.05) is 127 Å². The highest BCUT2D eigenvalue weighted by Gasteiger charge is 2.54. The van der Waals surface area contributed by atoms with Crippen molar-refractivity contribution in [1.29, 1.82) is 0 Å². The van der Waals surface area contributed by atoms with Gasteiger partial charge in [-0.1, -0.05) is 97.1 Å². The molecular formula is C49H54N6O6. The zero-order valence-corrected chi connectivity index (χ0v) is 35.0. The number of fused-ring (bicyclic) bond motifs is 4. The molecule has 0 bridgehead atoms. The molecule has 4 aliphatic rings. The van der Waals surface area contributed by atoms with Crippen LogP contribution in [0, 0.1) is 0 Å². The van der Waals surface area contributed by atoms with Crippen molar-refractivity contribution in [2.24, 2.45) is 0 Å². The second kappa shape index (κ2) is 17.0. The van der Waals surface area contributed by atoms with Crippen molar-refractivity contribution in [3.8, 4) is 0 Å². The molecule has 0 unspecified atom stereocenters. The Bertz CT molecular complexity index is 2480. The number of benzene rings is 4. The van der Waals surface area contributed by atoms with Crippen LogP contribution >= 0.6 is 0 Å². The lowest BCUT2D eigenvalue weighted by atomic mass is 9.91. The number of aromatic nitrogens is 2. The van der Waals surface area contributed by atoms with Crippen LogP contribution in [0.5, 0.6) is 0 Å². The Balaban J connectivity index is 0.000000160. The van der Waals surface area contributed by atoms with E-state index in [1.165, 1.54) is 10.9 Å². The van der Waals surface area contributed by atoms with E-state index < -0.39 is 5.60 Å². The third kappa shape index (κ3) is 8.29. The first-order valence-corrected chi connectivity index (χ1v) is 21.4. The number of amides is 3. The van der Waals surface area contributed by atoms with Crippen molar-refractivity contribution < 1.29 is 28.6 Å². The van der Waals surface area contributed by atoms with Crippen molar-refractivity contribution >= 4 is 40.1 Å². The van der Waals surface area contributed by atoms with Crippen LogP contribution < -0.4 is 5.32 Å². The number of carbonyl (C=O) groups is 3. The van der Waals surface area contributed by atoms with E-state index in [-0.39, 0.29) is 60.9 Å². The smallest absolute Gasteiger partial charge is 0.410 e. The van der Waals surface area contributed by atoms with Crippen LogP contribution in [0.4, 0.5) is 14.4 Å². The topological polar surface area (TPSA) is 132 Å². The van der Waals surface area contributed by atoms with Gasteiger partial charge in [0.05, 0.1) is 18.1 Å². The normalized spacial score (nSPS) is 23.1. The molecule has 4 fully saturated rings. The van der Waals surface area contributed by atoms with Gasteiger partial charge in [-0.3, -0.25) is 0 Å². The highest BCUT2D eigenvalue weighted by molar-refractivity contribution is 5.85. The zero-order chi connectivity index (χ0) is 42.1. The first-order chi connectivity index (χ1) is 29.6. The summed E-state index contributed by atoms with van der Waals surface area (Å²) in [5, 5.41) is 5.97. The summed E-state index contributed by atoms with van der Waals surface area (Å²) in [6.45, 7) is 8.83. The summed E-state index contributed by atoms with van der Waals surface area (Å²) in [6, 6.07) is 36.2. The molecule has 10 rings (SSSR count). The molecule has 12 heteroatoms. The fourth-order valence-electron chi connectivity index (χ4n) is 9.95. The third-order valence-corrected chi connectivity index (χ3v) is 12.6. The Morgan fingerprint density at radius 1 is 0.607 bits per heavy atom. The molecule has 4 aromatic carbocycles. The summed E-state index contributed by atoms with van der Waals surface area (Å²) in [6.07, 6.45) is 4.91. The maximum Gasteiger partial charge on any atom is 0.410 e. The summed E-state index contributed by atoms with van der Waals surface area (Å²) < 4.78 is 17.0.